The molecule has 0 amide bonds. The Morgan fingerprint density at radius 1 is 1.00 bits per heavy atom. The van der Waals surface area contributed by atoms with Crippen molar-refractivity contribution in [2.24, 2.45) is 0 Å². The van der Waals surface area contributed by atoms with Gasteiger partial charge in [-0.05, 0) is 42.7 Å². The lowest BCUT2D eigenvalue weighted by Crippen LogP contribution is -2.57. The molecule has 0 spiro atoms. The number of rotatable bonds is 2. The number of nitrogens with one attached hydrogen (secondary N) is 1. The lowest BCUT2D eigenvalue weighted by molar-refractivity contribution is 0.509. The average molecular weight is 296 g/mol. The summed E-state index contributed by atoms with van der Waals surface area (Å²) in [5.74, 6) is 0. The minimum atomic E-state index is -1.61. The van der Waals surface area contributed by atoms with E-state index < -0.39 is 8.24 Å². The Labute approximate surface area is 129 Å². The largest absolute Gasteiger partial charge is 0.332 e. The minimum Gasteiger partial charge on any atom is -0.332 e. The summed E-state index contributed by atoms with van der Waals surface area (Å²) in [6, 6.07) is 13.3. The van der Waals surface area contributed by atoms with E-state index in [1.807, 2.05) is 0 Å². The number of fused-ring (bicyclic) bond motifs is 3. The van der Waals surface area contributed by atoms with Crippen LogP contribution in [0, 0.1) is 0 Å². The van der Waals surface area contributed by atoms with Crippen molar-refractivity contribution in [1.29, 1.82) is 0 Å². The van der Waals surface area contributed by atoms with E-state index in [1.165, 1.54) is 21.9 Å². The van der Waals surface area contributed by atoms with Gasteiger partial charge in [0.2, 0.25) is 0 Å². The molecule has 0 aliphatic heterocycles. The van der Waals surface area contributed by atoms with Gasteiger partial charge in [-0.2, -0.15) is 0 Å². The van der Waals surface area contributed by atoms with Crippen LogP contribution in [0.1, 0.15) is 37.4 Å². The zero-order valence-electron chi connectivity index (χ0n) is 13.7. The van der Waals surface area contributed by atoms with Crippen molar-refractivity contribution >= 4 is 25.1 Å². The summed E-state index contributed by atoms with van der Waals surface area (Å²) in [6.45, 7) is 11.7. The smallest absolute Gasteiger partial charge is 0.131 e. The van der Waals surface area contributed by atoms with Crippen LogP contribution in [-0.4, -0.2) is 13.8 Å². The quantitative estimate of drug-likeness (QED) is 0.762. The zero-order valence-corrected chi connectivity index (χ0v) is 14.7. The van der Waals surface area contributed by atoms with Gasteiger partial charge in [0, 0.05) is 11.1 Å². The summed E-state index contributed by atoms with van der Waals surface area (Å²) in [5, 5.41) is 2.77. The molecule has 2 heteroatoms. The molecule has 1 aliphatic carbocycles. The molecule has 1 atom stereocenters. The zero-order chi connectivity index (χ0) is 15.3. The van der Waals surface area contributed by atoms with Gasteiger partial charge in [-0.3, -0.25) is 0 Å². The lowest BCUT2D eigenvalue weighted by Gasteiger charge is -2.37. The first kappa shape index (κ1) is 14.5. The van der Waals surface area contributed by atoms with Crippen molar-refractivity contribution < 1.29 is 0 Å². The van der Waals surface area contributed by atoms with Gasteiger partial charge in [-0.25, -0.2) is 0 Å². The fourth-order valence-electron chi connectivity index (χ4n) is 3.75. The first-order chi connectivity index (χ1) is 9.78. The van der Waals surface area contributed by atoms with Crippen LogP contribution in [0.2, 0.25) is 13.1 Å². The highest BCUT2D eigenvalue weighted by atomic mass is 28.3. The van der Waals surface area contributed by atoms with Crippen molar-refractivity contribution in [3.05, 3.63) is 53.6 Å². The van der Waals surface area contributed by atoms with Crippen molar-refractivity contribution in [2.75, 3.05) is 0 Å². The number of hydrogen-bond acceptors (Lipinski definition) is 1. The van der Waals surface area contributed by atoms with Crippen LogP contribution in [0.25, 0.3) is 16.8 Å². The molecule has 110 valence electrons. The van der Waals surface area contributed by atoms with Gasteiger partial charge in [0.1, 0.15) is 8.24 Å². The van der Waals surface area contributed by atoms with Gasteiger partial charge in [-0.15, -0.1) is 0 Å². The molecule has 0 fully saturated rings. The SMILES string of the molecule is CC(C)(C)N[Si](C)(C)C1C=Cc2ccc3ccccc3c21. The van der Waals surface area contributed by atoms with Gasteiger partial charge in [0.15, 0.2) is 0 Å². The molecule has 21 heavy (non-hydrogen) atoms. The Morgan fingerprint density at radius 2 is 1.71 bits per heavy atom. The monoisotopic (exact) mass is 295 g/mol. The van der Waals surface area contributed by atoms with E-state index in [0.29, 0.717) is 5.54 Å². The predicted octanol–water partition coefficient (Wildman–Crippen LogP) is 5.08. The van der Waals surface area contributed by atoms with E-state index in [-0.39, 0.29) is 5.54 Å². The maximum atomic E-state index is 3.93. The number of allylic oxidation sites excluding steroid dienone is 1. The Morgan fingerprint density at radius 3 is 2.43 bits per heavy atom. The molecule has 0 radical (unpaired) electrons. The second-order valence-corrected chi connectivity index (χ2v) is 12.0. The third-order valence-electron chi connectivity index (χ3n) is 4.26. The summed E-state index contributed by atoms with van der Waals surface area (Å²) < 4.78 is 0. The Balaban J connectivity index is 2.11. The van der Waals surface area contributed by atoms with Crippen LogP contribution in [-0.2, 0) is 0 Å². The molecule has 2 aromatic carbocycles. The summed E-state index contributed by atoms with van der Waals surface area (Å²) in [7, 11) is -1.61. The minimum absolute atomic E-state index is 0.164. The molecule has 0 bridgehead atoms. The van der Waals surface area contributed by atoms with Gasteiger partial charge >= 0.3 is 0 Å². The van der Waals surface area contributed by atoms with Crippen LogP contribution in [0.4, 0.5) is 0 Å². The van der Waals surface area contributed by atoms with Crippen molar-refractivity contribution in [1.82, 2.24) is 4.98 Å². The van der Waals surface area contributed by atoms with Crippen molar-refractivity contribution in [2.45, 2.75) is 44.9 Å². The van der Waals surface area contributed by atoms with E-state index in [1.54, 1.807) is 0 Å². The molecule has 1 nitrogen and oxygen atoms in total. The fraction of sp³-hybridized carbons (Fsp3) is 0.368. The summed E-state index contributed by atoms with van der Waals surface area (Å²) in [5.41, 5.74) is 3.63. The maximum Gasteiger partial charge on any atom is 0.131 e. The Bertz CT molecular complexity index is 707. The molecule has 2 aromatic rings. The maximum absolute atomic E-state index is 3.93. The molecule has 1 aliphatic rings. The van der Waals surface area contributed by atoms with Crippen LogP contribution in [0.5, 0.6) is 0 Å². The van der Waals surface area contributed by atoms with Crippen LogP contribution < -0.4 is 4.98 Å². The lowest BCUT2D eigenvalue weighted by atomic mass is 10.0. The molecule has 3 rings (SSSR count). The van der Waals surface area contributed by atoms with Crippen LogP contribution >= 0.6 is 0 Å². The molecule has 1 unspecified atom stereocenters. The molecule has 0 saturated heterocycles. The fourth-order valence-corrected chi connectivity index (χ4v) is 7.46. The average Bonchev–Trinajstić information content (AvgIpc) is 2.81. The molecule has 0 saturated carbocycles. The van der Waals surface area contributed by atoms with Crippen LogP contribution in [0.15, 0.2) is 42.5 Å². The normalized spacial score (nSPS) is 18.2. The molecular weight excluding hydrogens is 270 g/mol. The molecule has 0 heterocycles. The van der Waals surface area contributed by atoms with Crippen molar-refractivity contribution in [3.63, 3.8) is 0 Å². The highest BCUT2D eigenvalue weighted by molar-refractivity contribution is 6.77. The second-order valence-electron chi connectivity index (χ2n) is 7.72. The second kappa shape index (κ2) is 4.82. The van der Waals surface area contributed by atoms with Gasteiger partial charge in [0.05, 0.1) is 0 Å². The van der Waals surface area contributed by atoms with Gasteiger partial charge < -0.3 is 4.98 Å². The van der Waals surface area contributed by atoms with E-state index in [0.717, 1.165) is 0 Å². The highest BCUT2D eigenvalue weighted by Gasteiger charge is 2.38. The van der Waals surface area contributed by atoms with E-state index >= 15 is 0 Å². The Hall–Kier alpha value is -1.38. The third-order valence-corrected chi connectivity index (χ3v) is 7.69. The van der Waals surface area contributed by atoms with E-state index in [9.17, 15) is 0 Å². The standard InChI is InChI=1S/C19H25NSi/c1-19(2,3)20-21(4,5)17-13-12-15-11-10-14-8-6-7-9-16(14)18(15)17/h6-13,17,20H,1-5H3. The van der Waals surface area contributed by atoms with Gasteiger partial charge in [-0.1, -0.05) is 61.6 Å². The summed E-state index contributed by atoms with van der Waals surface area (Å²) >= 11 is 0. The summed E-state index contributed by atoms with van der Waals surface area (Å²) in [4.78, 5) is 3.93. The summed E-state index contributed by atoms with van der Waals surface area (Å²) in [6.07, 6.45) is 4.73. The first-order valence-electron chi connectivity index (χ1n) is 7.77. The van der Waals surface area contributed by atoms with E-state index in [4.69, 9.17) is 0 Å². The molecule has 1 N–H and O–H groups in total. The predicted molar refractivity (Wildman–Crippen MR) is 96.1 cm³/mol. The van der Waals surface area contributed by atoms with Crippen LogP contribution in [0.3, 0.4) is 0 Å². The first-order valence-corrected chi connectivity index (χ1v) is 10.8. The van der Waals surface area contributed by atoms with Gasteiger partial charge in [0.25, 0.3) is 0 Å². The van der Waals surface area contributed by atoms with E-state index in [2.05, 4.69) is 87.4 Å². The highest BCUT2D eigenvalue weighted by Crippen LogP contribution is 2.40. The Kier molecular flexibility index (Phi) is 3.34. The molecule has 0 aromatic heterocycles. The van der Waals surface area contributed by atoms with Crippen molar-refractivity contribution in [3.8, 4) is 0 Å². The number of hydrogen-bond donors (Lipinski definition) is 1. The topological polar surface area (TPSA) is 12.0 Å². The number of benzene rings is 2. The third kappa shape index (κ3) is 2.70. The molecular formula is C19H25NSi.